The minimum Gasteiger partial charge on any atom is -0.335 e. The maximum atomic E-state index is 11.3. The molecule has 98 valence electrons. The molecule has 1 N–H and O–H groups in total. The third kappa shape index (κ3) is 3.49. The predicted octanol–water partition coefficient (Wildman–Crippen LogP) is 2.24. The highest BCUT2D eigenvalue weighted by molar-refractivity contribution is 8.14. The summed E-state index contributed by atoms with van der Waals surface area (Å²) in [6, 6.07) is 6.73. The number of rotatable bonds is 2. The van der Waals surface area contributed by atoms with Crippen LogP contribution >= 0.6 is 11.8 Å². The molecule has 1 atom stereocenters. The lowest BCUT2D eigenvalue weighted by molar-refractivity contribution is 0.602. The van der Waals surface area contributed by atoms with E-state index in [9.17, 15) is 8.42 Å². The molecule has 0 saturated heterocycles. The van der Waals surface area contributed by atoms with Crippen LogP contribution in [0, 0.1) is 5.92 Å². The van der Waals surface area contributed by atoms with Crippen molar-refractivity contribution in [3.8, 4) is 0 Å². The second-order valence-corrected chi connectivity index (χ2v) is 7.51. The van der Waals surface area contributed by atoms with Gasteiger partial charge in [0.2, 0.25) is 0 Å². The number of sulfone groups is 1. The average Bonchev–Trinajstić information content (AvgIpc) is 2.32. The Balaban J connectivity index is 2.07. The van der Waals surface area contributed by atoms with E-state index < -0.39 is 9.84 Å². The first-order chi connectivity index (χ1) is 8.45. The third-order valence-corrected chi connectivity index (χ3v) is 4.95. The summed E-state index contributed by atoms with van der Waals surface area (Å²) in [7, 11) is -3.12. The van der Waals surface area contributed by atoms with Gasteiger partial charge in [-0.2, -0.15) is 0 Å². The van der Waals surface area contributed by atoms with Gasteiger partial charge >= 0.3 is 0 Å². The molecule has 0 radical (unpaired) electrons. The molecule has 0 aliphatic carbocycles. The number of hydrogen-bond acceptors (Lipinski definition) is 5. The van der Waals surface area contributed by atoms with Crippen LogP contribution in [0.1, 0.15) is 6.92 Å². The first kappa shape index (κ1) is 13.4. The van der Waals surface area contributed by atoms with E-state index in [1.165, 1.54) is 6.26 Å². The van der Waals surface area contributed by atoms with Crippen molar-refractivity contribution in [2.75, 3.05) is 23.9 Å². The summed E-state index contributed by atoms with van der Waals surface area (Å²) < 4.78 is 22.6. The van der Waals surface area contributed by atoms with Crippen LogP contribution in [0.2, 0.25) is 0 Å². The Hall–Kier alpha value is -1.01. The van der Waals surface area contributed by atoms with Crippen molar-refractivity contribution in [1.82, 2.24) is 0 Å². The molecule has 0 amide bonds. The van der Waals surface area contributed by atoms with E-state index in [1.807, 2.05) is 0 Å². The molecule has 0 saturated carbocycles. The molecular weight excluding hydrogens is 268 g/mol. The van der Waals surface area contributed by atoms with E-state index in [0.717, 1.165) is 23.2 Å². The van der Waals surface area contributed by atoms with Crippen LogP contribution in [-0.2, 0) is 9.84 Å². The Morgan fingerprint density at radius 2 is 2.00 bits per heavy atom. The molecule has 0 spiro atoms. The standard InChI is InChI=1S/C12H16N2O2S2/c1-9-7-13-12(17-8-9)14-10-3-5-11(6-4-10)18(2,15)16/h3-6,9H,7-8H2,1-2H3,(H,13,14). The summed E-state index contributed by atoms with van der Waals surface area (Å²) in [5, 5.41) is 4.10. The second-order valence-electron chi connectivity index (χ2n) is 4.48. The molecule has 1 aliphatic heterocycles. The highest BCUT2D eigenvalue weighted by Crippen LogP contribution is 2.20. The number of thioether (sulfide) groups is 1. The summed E-state index contributed by atoms with van der Waals surface area (Å²) in [5.41, 5.74) is 0.864. The van der Waals surface area contributed by atoms with E-state index in [-0.39, 0.29) is 0 Å². The molecule has 1 aliphatic rings. The maximum Gasteiger partial charge on any atom is 0.175 e. The van der Waals surface area contributed by atoms with Crippen LogP contribution in [0.15, 0.2) is 34.2 Å². The van der Waals surface area contributed by atoms with E-state index in [2.05, 4.69) is 17.2 Å². The minimum absolute atomic E-state index is 0.333. The lowest BCUT2D eigenvalue weighted by Crippen LogP contribution is -2.18. The molecule has 1 aromatic rings. The van der Waals surface area contributed by atoms with Gasteiger partial charge in [0.05, 0.1) is 4.90 Å². The zero-order valence-electron chi connectivity index (χ0n) is 10.4. The van der Waals surface area contributed by atoms with Gasteiger partial charge < -0.3 is 5.32 Å². The SMILES string of the molecule is CC1CN=C(Nc2ccc(S(C)(=O)=O)cc2)SC1. The van der Waals surface area contributed by atoms with Crippen molar-refractivity contribution in [2.24, 2.45) is 10.9 Å². The van der Waals surface area contributed by atoms with Crippen molar-refractivity contribution in [3.63, 3.8) is 0 Å². The van der Waals surface area contributed by atoms with Crippen molar-refractivity contribution in [2.45, 2.75) is 11.8 Å². The first-order valence-electron chi connectivity index (χ1n) is 5.69. The summed E-state index contributed by atoms with van der Waals surface area (Å²) in [6.45, 7) is 3.02. The number of benzene rings is 1. The Bertz CT molecular complexity index is 550. The summed E-state index contributed by atoms with van der Waals surface area (Å²) in [5.74, 6) is 1.68. The Kier molecular flexibility index (Phi) is 3.97. The molecule has 0 bridgehead atoms. The lowest BCUT2D eigenvalue weighted by Gasteiger charge is -2.17. The second kappa shape index (κ2) is 5.32. The van der Waals surface area contributed by atoms with Crippen molar-refractivity contribution >= 4 is 32.5 Å². The monoisotopic (exact) mass is 284 g/mol. The summed E-state index contributed by atoms with van der Waals surface area (Å²) >= 11 is 1.70. The number of anilines is 1. The number of nitrogens with one attached hydrogen (secondary N) is 1. The van der Waals surface area contributed by atoms with Crippen LogP contribution in [0.4, 0.5) is 5.69 Å². The van der Waals surface area contributed by atoms with E-state index in [4.69, 9.17) is 0 Å². The van der Waals surface area contributed by atoms with Gasteiger partial charge in [0.25, 0.3) is 0 Å². The molecule has 4 nitrogen and oxygen atoms in total. The van der Waals surface area contributed by atoms with Gasteiger partial charge in [0.1, 0.15) is 0 Å². The van der Waals surface area contributed by atoms with Crippen LogP contribution < -0.4 is 5.32 Å². The van der Waals surface area contributed by atoms with E-state index in [0.29, 0.717) is 10.8 Å². The summed E-state index contributed by atoms with van der Waals surface area (Å²) in [6.07, 6.45) is 1.21. The van der Waals surface area contributed by atoms with Gasteiger partial charge in [0, 0.05) is 24.2 Å². The van der Waals surface area contributed by atoms with Crippen LogP contribution in [-0.4, -0.2) is 32.1 Å². The van der Waals surface area contributed by atoms with Crippen molar-refractivity contribution < 1.29 is 8.42 Å². The zero-order valence-corrected chi connectivity index (χ0v) is 12.0. The Morgan fingerprint density at radius 1 is 1.33 bits per heavy atom. The van der Waals surface area contributed by atoms with E-state index >= 15 is 0 Å². The number of nitrogens with zero attached hydrogens (tertiary/aromatic N) is 1. The Labute approximate surface area is 112 Å². The average molecular weight is 284 g/mol. The molecule has 0 aromatic heterocycles. The number of aliphatic imine (C=N–C) groups is 1. The molecule has 18 heavy (non-hydrogen) atoms. The lowest BCUT2D eigenvalue weighted by atomic mass is 10.2. The van der Waals surface area contributed by atoms with Crippen LogP contribution in [0.3, 0.4) is 0 Å². The summed E-state index contributed by atoms with van der Waals surface area (Å²) in [4.78, 5) is 4.76. The van der Waals surface area contributed by atoms with Gasteiger partial charge in [0.15, 0.2) is 15.0 Å². The van der Waals surface area contributed by atoms with Gasteiger partial charge in [-0.15, -0.1) is 0 Å². The molecule has 6 heteroatoms. The topological polar surface area (TPSA) is 58.5 Å². The highest BCUT2D eigenvalue weighted by atomic mass is 32.2. The molecule has 1 unspecified atom stereocenters. The highest BCUT2D eigenvalue weighted by Gasteiger charge is 2.12. The zero-order chi connectivity index (χ0) is 13.2. The quantitative estimate of drug-likeness (QED) is 0.905. The molecular formula is C12H16N2O2S2. The fraction of sp³-hybridized carbons (Fsp3) is 0.417. The molecule has 1 aromatic carbocycles. The normalized spacial score (nSPS) is 20.3. The van der Waals surface area contributed by atoms with Crippen LogP contribution in [0.5, 0.6) is 0 Å². The van der Waals surface area contributed by atoms with Crippen molar-refractivity contribution in [1.29, 1.82) is 0 Å². The maximum absolute atomic E-state index is 11.3. The predicted molar refractivity (Wildman–Crippen MR) is 77.1 cm³/mol. The fourth-order valence-electron chi connectivity index (χ4n) is 1.54. The minimum atomic E-state index is -3.12. The fourth-order valence-corrected chi connectivity index (χ4v) is 3.08. The smallest absolute Gasteiger partial charge is 0.175 e. The van der Waals surface area contributed by atoms with Gasteiger partial charge in [-0.25, -0.2) is 8.42 Å². The molecule has 2 rings (SSSR count). The largest absolute Gasteiger partial charge is 0.335 e. The first-order valence-corrected chi connectivity index (χ1v) is 8.57. The van der Waals surface area contributed by atoms with Crippen molar-refractivity contribution in [3.05, 3.63) is 24.3 Å². The van der Waals surface area contributed by atoms with Gasteiger partial charge in [-0.1, -0.05) is 18.7 Å². The van der Waals surface area contributed by atoms with E-state index in [1.54, 1.807) is 36.0 Å². The molecule has 1 heterocycles. The molecule has 0 fully saturated rings. The number of amidine groups is 1. The Morgan fingerprint density at radius 3 is 2.50 bits per heavy atom. The van der Waals surface area contributed by atoms with Crippen LogP contribution in [0.25, 0.3) is 0 Å². The third-order valence-electron chi connectivity index (χ3n) is 2.58. The van der Waals surface area contributed by atoms with Gasteiger partial charge in [-0.3, -0.25) is 4.99 Å². The van der Waals surface area contributed by atoms with Gasteiger partial charge in [-0.05, 0) is 30.2 Å². The number of hydrogen-bond donors (Lipinski definition) is 1.